The third kappa shape index (κ3) is 13.3. The zero-order chi connectivity index (χ0) is 57.3. The van der Waals surface area contributed by atoms with E-state index in [1.54, 1.807) is 121 Å². The number of nitrogens with one attached hydrogen (secondary N) is 2. The number of aliphatic hydroxyl groups excluding tert-OH is 4. The normalized spacial score (nSPS) is 13.8. The minimum absolute atomic E-state index is 0.00508. The minimum Gasteiger partial charge on any atom is -0.496 e. The predicted molar refractivity (Wildman–Crippen MR) is 305 cm³/mol. The van der Waals surface area contributed by atoms with E-state index in [4.69, 9.17) is 9.97 Å². The molecule has 8 bridgehead atoms. The average molecular weight is 1160 g/mol. The molecule has 0 amide bonds. The lowest BCUT2D eigenvalue weighted by molar-refractivity contribution is 0.478. The molecule has 0 radical (unpaired) electrons. The van der Waals surface area contributed by atoms with Gasteiger partial charge in [0, 0.05) is 66.6 Å². The van der Waals surface area contributed by atoms with Crippen molar-refractivity contribution in [3.63, 3.8) is 0 Å². The molecule has 2 aliphatic rings. The lowest BCUT2D eigenvalue weighted by Gasteiger charge is -2.11. The van der Waals surface area contributed by atoms with Crippen molar-refractivity contribution >= 4 is 133 Å². The quantitative estimate of drug-likeness (QED) is 0.0245. The van der Waals surface area contributed by atoms with Gasteiger partial charge in [0.2, 0.25) is 23.6 Å². The number of rotatable bonds is 16. The van der Waals surface area contributed by atoms with E-state index in [1.165, 1.54) is 24.3 Å². The molecular weight excluding hydrogens is 1120 g/mol. The second-order valence-corrected chi connectivity index (χ2v) is 23.4. The third-order valence-electron chi connectivity index (χ3n) is 11.7. The SMILES string of the molecule is O=S(=O)(O)CC(O)=Nc1ccccc1-c1c2nc(c(-c3ccccc3N=C(O)CS(=O)(=O)O)c3ccc([nH]3)c(-c3ccccc3N=C(O)CS(=O)(=O)O)c3nc(c(-c4ccccc4N=C(O)CS(=O)(=O)O)c4ccc1[nH]4)C=C3)C=C2. The highest BCUT2D eigenvalue weighted by Crippen LogP contribution is 2.44. The van der Waals surface area contributed by atoms with Crippen LogP contribution in [-0.4, -0.2) is 139 Å². The van der Waals surface area contributed by atoms with Crippen molar-refractivity contribution in [2.24, 2.45) is 20.0 Å². The van der Waals surface area contributed by atoms with Gasteiger partial charge >= 0.3 is 0 Å². The summed E-state index contributed by atoms with van der Waals surface area (Å²) >= 11 is 0. The van der Waals surface area contributed by atoms with Crippen LogP contribution in [0, 0.1) is 0 Å². The van der Waals surface area contributed by atoms with E-state index >= 15 is 0 Å². The van der Waals surface area contributed by atoms with E-state index < -0.39 is 87.1 Å². The molecular formula is C52H42N8O16S4. The number of H-pyrrole nitrogens is 2. The smallest absolute Gasteiger partial charge is 0.273 e. The number of aliphatic hydroxyl groups is 4. The van der Waals surface area contributed by atoms with Gasteiger partial charge < -0.3 is 30.4 Å². The molecule has 5 heterocycles. The number of para-hydroxylation sites is 4. The van der Waals surface area contributed by atoms with E-state index in [1.807, 2.05) is 0 Å². The molecule has 80 heavy (non-hydrogen) atoms. The molecule has 0 aliphatic carbocycles. The lowest BCUT2D eigenvalue weighted by Crippen LogP contribution is -2.14. The van der Waals surface area contributed by atoms with Crippen molar-refractivity contribution in [1.29, 1.82) is 0 Å². The highest BCUT2D eigenvalue weighted by molar-refractivity contribution is 7.87. The van der Waals surface area contributed by atoms with E-state index in [2.05, 4.69) is 29.9 Å². The third-order valence-corrected chi connectivity index (χ3v) is 14.2. The number of aromatic nitrogens is 4. The summed E-state index contributed by atoms with van der Waals surface area (Å²) in [7, 11) is -19.0. The van der Waals surface area contributed by atoms with E-state index in [9.17, 15) is 72.3 Å². The lowest BCUT2D eigenvalue weighted by atomic mass is 10.0. The molecule has 0 atom stereocenters. The maximum atomic E-state index is 11.9. The van der Waals surface area contributed by atoms with Crippen molar-refractivity contribution in [3.05, 3.63) is 144 Å². The Morgan fingerprint density at radius 3 is 0.738 bits per heavy atom. The Morgan fingerprint density at radius 1 is 0.338 bits per heavy atom. The van der Waals surface area contributed by atoms with Crippen LogP contribution >= 0.6 is 0 Å². The summed E-state index contributed by atoms with van der Waals surface area (Å²) in [6.07, 6.45) is 6.48. The molecule has 0 spiro atoms. The second kappa shape index (κ2) is 22.0. The van der Waals surface area contributed by atoms with Crippen LogP contribution in [0.15, 0.2) is 141 Å². The fourth-order valence-electron chi connectivity index (χ4n) is 8.81. The average Bonchev–Trinajstić information content (AvgIpc) is 4.22. The number of hydrogen-bond acceptors (Lipinski definition) is 14. The van der Waals surface area contributed by atoms with Gasteiger partial charge in [-0.1, -0.05) is 72.8 Å². The highest BCUT2D eigenvalue weighted by Gasteiger charge is 2.24. The highest BCUT2D eigenvalue weighted by atomic mass is 32.2. The summed E-state index contributed by atoms with van der Waals surface area (Å²) in [6.45, 7) is 0. The van der Waals surface area contributed by atoms with Crippen molar-refractivity contribution in [3.8, 4) is 44.5 Å². The molecule has 0 saturated heterocycles. The molecule has 24 nitrogen and oxygen atoms in total. The Hall–Kier alpha value is -9.00. The first-order valence-electron chi connectivity index (χ1n) is 23.2. The minimum atomic E-state index is -4.76. The summed E-state index contributed by atoms with van der Waals surface area (Å²) in [6, 6.07) is 31.6. The maximum absolute atomic E-state index is 11.9. The topological polar surface area (TPSA) is 405 Å². The van der Waals surface area contributed by atoms with E-state index in [0.717, 1.165) is 0 Å². The van der Waals surface area contributed by atoms with Gasteiger partial charge in [0.15, 0.2) is 23.0 Å². The Labute approximate surface area is 454 Å². The van der Waals surface area contributed by atoms with Crippen LogP contribution in [0.5, 0.6) is 0 Å². The first kappa shape index (κ1) is 55.7. The zero-order valence-corrected chi connectivity index (χ0v) is 44.1. The van der Waals surface area contributed by atoms with Gasteiger partial charge in [-0.15, -0.1) is 0 Å². The largest absolute Gasteiger partial charge is 0.496 e. The fourth-order valence-corrected chi connectivity index (χ4v) is 10.4. The predicted octanol–water partition coefficient (Wildman–Crippen LogP) is 9.23. The van der Waals surface area contributed by atoms with Crippen LogP contribution in [0.3, 0.4) is 0 Å². The van der Waals surface area contributed by atoms with Gasteiger partial charge in [0.05, 0.1) is 45.5 Å². The van der Waals surface area contributed by atoms with Crippen LogP contribution in [0.1, 0.15) is 22.8 Å². The Kier molecular flexibility index (Phi) is 15.3. The molecule has 0 fully saturated rings. The van der Waals surface area contributed by atoms with Crippen molar-refractivity contribution in [1.82, 2.24) is 19.9 Å². The number of benzene rings is 4. The van der Waals surface area contributed by atoms with E-state index in [0.29, 0.717) is 22.1 Å². The number of aliphatic imine (C=N–C) groups is 4. The molecule has 0 saturated carbocycles. The summed E-state index contributed by atoms with van der Waals surface area (Å²) < 4.78 is 133. The van der Waals surface area contributed by atoms with Gasteiger partial charge in [0.1, 0.15) is 0 Å². The number of hydrogen-bond donors (Lipinski definition) is 10. The van der Waals surface area contributed by atoms with Crippen molar-refractivity contribution in [2.75, 3.05) is 23.0 Å². The molecule has 410 valence electrons. The van der Waals surface area contributed by atoms with Crippen LogP contribution in [-0.2, 0) is 40.5 Å². The summed E-state index contributed by atoms with van der Waals surface area (Å²) in [4.78, 5) is 33.8. The van der Waals surface area contributed by atoms with Crippen LogP contribution in [0.25, 0.3) is 90.9 Å². The van der Waals surface area contributed by atoms with Crippen molar-refractivity contribution in [2.45, 2.75) is 0 Å². The Bertz CT molecular complexity index is 3980. The second-order valence-electron chi connectivity index (χ2n) is 17.6. The van der Waals surface area contributed by atoms with Crippen LogP contribution < -0.4 is 0 Å². The zero-order valence-electron chi connectivity index (χ0n) is 40.8. The van der Waals surface area contributed by atoms with Gasteiger partial charge in [-0.25, -0.2) is 29.9 Å². The number of fused-ring (bicyclic) bond motifs is 8. The molecule has 0 unspecified atom stereocenters. The van der Waals surface area contributed by atoms with Gasteiger partial charge in [-0.05, 0) is 72.8 Å². The fraction of sp³-hybridized carbons (Fsp3) is 0.0769. The molecule has 4 aromatic carbocycles. The maximum Gasteiger partial charge on any atom is 0.273 e. The van der Waals surface area contributed by atoms with E-state index in [-0.39, 0.29) is 90.0 Å². The van der Waals surface area contributed by atoms with Gasteiger partial charge in [0.25, 0.3) is 40.5 Å². The number of nitrogens with zero attached hydrogens (tertiary/aromatic N) is 6. The monoisotopic (exact) mass is 1160 g/mol. The number of aromatic amines is 2. The molecule has 7 aromatic rings. The van der Waals surface area contributed by atoms with Gasteiger partial charge in [-0.2, -0.15) is 33.7 Å². The summed E-state index contributed by atoms with van der Waals surface area (Å²) in [5.41, 5.74) is 4.09. The summed E-state index contributed by atoms with van der Waals surface area (Å²) in [5, 5.41) is 43.1. The Morgan fingerprint density at radius 2 is 0.537 bits per heavy atom. The first-order valence-corrected chi connectivity index (χ1v) is 29.6. The summed E-state index contributed by atoms with van der Waals surface area (Å²) in [5.74, 6) is -8.79. The van der Waals surface area contributed by atoms with Crippen LogP contribution in [0.2, 0.25) is 0 Å². The van der Waals surface area contributed by atoms with Crippen LogP contribution in [0.4, 0.5) is 22.7 Å². The Balaban J connectivity index is 1.49. The molecule has 28 heteroatoms. The van der Waals surface area contributed by atoms with Gasteiger partial charge in [-0.3, -0.25) is 18.2 Å². The van der Waals surface area contributed by atoms with Crippen molar-refractivity contribution < 1.29 is 72.3 Å². The first-order chi connectivity index (χ1) is 37.8. The molecule has 10 N–H and O–H groups in total. The molecule has 9 rings (SSSR count). The molecule has 3 aromatic heterocycles. The standard InChI is InChI=1S/C52H42N8O16S4/c61-45(25-77(65,66)67)57-33-13-5-1-9-29(33)49-37-17-19-39(53-37)50(30-10-2-6-14-34(30)58-46(62)26-78(68,69)70)41-21-23-43(55-41)52(32-12-4-8-16-36(32)60-48(64)28-80(74,75)76)44-24-22-42(56-44)51(40-20-18-38(49)54-40)31-11-3-7-15-35(31)59-47(63)27-79(71,72)73/h1-24,53,56H,25-28H2,(H,57,61)(H,58,62)(H,59,63)(H,60,64)(H,65,66,67)(H,68,69,70)(H,71,72,73)(H,74,75,76). The molecule has 2 aliphatic heterocycles.